The lowest BCUT2D eigenvalue weighted by Crippen LogP contribution is -2.55. The number of hydrogen-bond donors (Lipinski definition) is 1. The minimum absolute atomic E-state index is 0.296. The molecule has 0 bridgehead atoms. The Bertz CT molecular complexity index is 1630. The van der Waals surface area contributed by atoms with Crippen molar-refractivity contribution in [2.24, 2.45) is 0 Å². The predicted octanol–water partition coefficient (Wildman–Crippen LogP) is 5.14. The van der Waals surface area contributed by atoms with Crippen LogP contribution >= 0.6 is 0 Å². The van der Waals surface area contributed by atoms with Crippen LogP contribution in [0.25, 0.3) is 5.69 Å². The molecule has 1 N–H and O–H groups in total. The van der Waals surface area contributed by atoms with Gasteiger partial charge in [0, 0.05) is 17.0 Å². The molecule has 1 aliphatic heterocycles. The third kappa shape index (κ3) is 4.80. The zero-order chi connectivity index (χ0) is 28.6. The number of hydrogen-bond acceptors (Lipinski definition) is 4. The number of carbonyl (C=O) groups is 2. The van der Waals surface area contributed by atoms with Gasteiger partial charge in [0.25, 0.3) is 11.8 Å². The van der Waals surface area contributed by atoms with Gasteiger partial charge < -0.3 is 5.32 Å². The Hall–Kier alpha value is -4.98. The lowest BCUT2D eigenvalue weighted by Gasteiger charge is -2.38. The number of alkyl halides is 3. The van der Waals surface area contributed by atoms with E-state index >= 15 is 0 Å². The maximum atomic E-state index is 14.0. The Kier molecular flexibility index (Phi) is 6.85. The predicted molar refractivity (Wildman–Crippen MR) is 137 cm³/mol. The van der Waals surface area contributed by atoms with E-state index in [1.165, 1.54) is 39.9 Å². The van der Waals surface area contributed by atoms with Gasteiger partial charge in [0.15, 0.2) is 0 Å². The highest BCUT2D eigenvalue weighted by atomic mass is 19.4. The molecule has 2 atom stereocenters. The zero-order valence-electron chi connectivity index (χ0n) is 21.0. The van der Waals surface area contributed by atoms with Crippen LogP contribution in [0.5, 0.6) is 0 Å². The van der Waals surface area contributed by atoms with E-state index in [4.69, 9.17) is 0 Å². The second-order valence-corrected chi connectivity index (χ2v) is 9.21. The fourth-order valence-corrected chi connectivity index (χ4v) is 4.94. The average molecular weight is 548 g/mol. The molecule has 3 aromatic carbocycles. The fraction of sp³-hybridized carbons (Fsp3) is 0.172. The third-order valence-electron chi connectivity index (χ3n) is 6.71. The van der Waals surface area contributed by atoms with Crippen LogP contribution in [0.1, 0.15) is 38.7 Å². The van der Waals surface area contributed by atoms with E-state index in [1.807, 2.05) is 12.1 Å². The monoisotopic (exact) mass is 547 g/mol. The minimum Gasteiger partial charge on any atom is -0.339 e. The van der Waals surface area contributed by atoms with Gasteiger partial charge in [-0.25, -0.2) is 9.07 Å². The van der Waals surface area contributed by atoms with Gasteiger partial charge in [0.2, 0.25) is 0 Å². The number of carbonyl (C=O) groups excluding carboxylic acids is 2. The molecule has 0 spiro atoms. The molecule has 0 unspecified atom stereocenters. The van der Waals surface area contributed by atoms with Crippen LogP contribution in [-0.2, 0) is 11.0 Å². The molecule has 7 nitrogen and oxygen atoms in total. The van der Waals surface area contributed by atoms with Crippen molar-refractivity contribution in [2.45, 2.75) is 25.1 Å². The van der Waals surface area contributed by atoms with Crippen LogP contribution in [0, 0.1) is 24.1 Å². The molecule has 2 heterocycles. The Morgan fingerprint density at radius 3 is 2.40 bits per heavy atom. The molecule has 11 heteroatoms. The summed E-state index contributed by atoms with van der Waals surface area (Å²) in [5.74, 6) is -2.66. The van der Waals surface area contributed by atoms with Crippen molar-refractivity contribution in [1.29, 1.82) is 5.26 Å². The van der Waals surface area contributed by atoms with Crippen LogP contribution in [0.3, 0.4) is 0 Å². The lowest BCUT2D eigenvalue weighted by atomic mass is 9.81. The van der Waals surface area contributed by atoms with Crippen molar-refractivity contribution in [3.63, 3.8) is 0 Å². The molecule has 202 valence electrons. The smallest absolute Gasteiger partial charge is 0.339 e. The summed E-state index contributed by atoms with van der Waals surface area (Å²) >= 11 is 0. The van der Waals surface area contributed by atoms with E-state index in [9.17, 15) is 32.4 Å². The van der Waals surface area contributed by atoms with E-state index < -0.39 is 41.3 Å². The molecule has 0 radical (unpaired) electrons. The highest BCUT2D eigenvalue weighted by Crippen LogP contribution is 2.43. The number of nitrogens with zero attached hydrogens (tertiary/aromatic N) is 4. The van der Waals surface area contributed by atoms with Crippen LogP contribution in [-0.4, -0.2) is 34.2 Å². The van der Waals surface area contributed by atoms with Crippen LogP contribution in [0.2, 0.25) is 0 Å². The number of halogens is 4. The Labute approximate surface area is 226 Å². The van der Waals surface area contributed by atoms with E-state index in [-0.39, 0.29) is 12.1 Å². The van der Waals surface area contributed by atoms with Crippen molar-refractivity contribution < 1.29 is 27.2 Å². The number of rotatable bonds is 5. The first-order valence-corrected chi connectivity index (χ1v) is 12.2. The van der Waals surface area contributed by atoms with Crippen molar-refractivity contribution in [1.82, 2.24) is 15.1 Å². The second-order valence-electron chi connectivity index (χ2n) is 9.21. The SMILES string of the molecule is Cc1nn(-c2ccccc2)c2c1[C@H](c1ccc(F)cc1)[C@H](NC(=O)c1cccc(C(F)(F)F)c1)C(=O)N2CC#N. The maximum absolute atomic E-state index is 14.0. The van der Waals surface area contributed by atoms with E-state index in [2.05, 4.69) is 10.4 Å². The first-order valence-electron chi connectivity index (χ1n) is 12.2. The summed E-state index contributed by atoms with van der Waals surface area (Å²) in [6.07, 6.45) is -4.67. The summed E-state index contributed by atoms with van der Waals surface area (Å²) in [5, 5.41) is 16.8. The largest absolute Gasteiger partial charge is 0.416 e. The van der Waals surface area contributed by atoms with Crippen molar-refractivity contribution in [3.8, 4) is 11.8 Å². The van der Waals surface area contributed by atoms with Gasteiger partial charge >= 0.3 is 6.18 Å². The number of aryl methyl sites for hydroxylation is 1. The molecule has 40 heavy (non-hydrogen) atoms. The van der Waals surface area contributed by atoms with Crippen molar-refractivity contribution >= 4 is 17.6 Å². The number of anilines is 1. The number of fused-ring (bicyclic) bond motifs is 1. The van der Waals surface area contributed by atoms with Crippen LogP contribution in [0.15, 0.2) is 78.9 Å². The number of para-hydroxylation sites is 1. The number of nitriles is 1. The summed E-state index contributed by atoms with van der Waals surface area (Å²) in [5.41, 5.74) is 0.777. The number of benzene rings is 3. The molecule has 0 saturated heterocycles. The highest BCUT2D eigenvalue weighted by Gasteiger charge is 2.46. The van der Waals surface area contributed by atoms with E-state index in [1.54, 1.807) is 31.2 Å². The summed E-state index contributed by atoms with van der Waals surface area (Å²) in [7, 11) is 0. The fourth-order valence-electron chi connectivity index (χ4n) is 4.94. The Balaban J connectivity index is 1.67. The van der Waals surface area contributed by atoms with Crippen LogP contribution < -0.4 is 10.2 Å². The molecule has 0 saturated carbocycles. The summed E-state index contributed by atoms with van der Waals surface area (Å²) in [6.45, 7) is 1.33. The van der Waals surface area contributed by atoms with Gasteiger partial charge in [-0.05, 0) is 55.0 Å². The average Bonchev–Trinajstić information content (AvgIpc) is 3.28. The standard InChI is InChI=1S/C29H21F4N5O2/c1-17-23-24(18-10-12-21(30)13-11-18)25(35-26(39)19-6-5-7-20(16-19)29(31,32)33)28(40)37(15-14-34)27(23)38(36-17)22-8-3-2-4-9-22/h2-13,16,24-25H,15H2,1H3,(H,35,39)/t24-,25-/m0/s1. The molecule has 2 amide bonds. The first kappa shape index (κ1) is 26.6. The number of aromatic nitrogens is 2. The Morgan fingerprint density at radius 2 is 1.75 bits per heavy atom. The van der Waals surface area contributed by atoms with Gasteiger partial charge in [-0.1, -0.05) is 36.4 Å². The van der Waals surface area contributed by atoms with Gasteiger partial charge in [-0.15, -0.1) is 0 Å². The molecule has 1 aliphatic rings. The third-order valence-corrected chi connectivity index (χ3v) is 6.71. The van der Waals surface area contributed by atoms with Gasteiger partial charge in [-0.3, -0.25) is 14.5 Å². The molecule has 1 aromatic heterocycles. The number of nitrogens with one attached hydrogen (secondary N) is 1. The maximum Gasteiger partial charge on any atom is 0.416 e. The molecule has 0 aliphatic carbocycles. The second kappa shape index (κ2) is 10.3. The summed E-state index contributed by atoms with van der Waals surface area (Å²) in [6, 6.07) is 18.8. The summed E-state index contributed by atoms with van der Waals surface area (Å²) in [4.78, 5) is 28.4. The molecular formula is C29H21F4N5O2. The van der Waals surface area contributed by atoms with Gasteiger partial charge in [-0.2, -0.15) is 23.5 Å². The molecule has 4 aromatic rings. The Morgan fingerprint density at radius 1 is 1.05 bits per heavy atom. The molecule has 5 rings (SSSR count). The first-order chi connectivity index (χ1) is 19.1. The minimum atomic E-state index is -4.67. The highest BCUT2D eigenvalue weighted by molar-refractivity contribution is 6.05. The van der Waals surface area contributed by atoms with E-state index in [0.29, 0.717) is 34.4 Å². The van der Waals surface area contributed by atoms with E-state index in [0.717, 1.165) is 12.1 Å². The van der Waals surface area contributed by atoms with Gasteiger partial charge in [0.1, 0.15) is 24.2 Å². The van der Waals surface area contributed by atoms with Crippen molar-refractivity contribution in [2.75, 3.05) is 11.4 Å². The zero-order valence-corrected chi connectivity index (χ0v) is 21.0. The quantitative estimate of drug-likeness (QED) is 0.277. The van der Waals surface area contributed by atoms with Crippen molar-refractivity contribution in [3.05, 3.63) is 113 Å². The lowest BCUT2D eigenvalue weighted by molar-refractivity contribution is -0.137. The van der Waals surface area contributed by atoms with Crippen LogP contribution in [0.4, 0.5) is 23.4 Å². The topological polar surface area (TPSA) is 91.0 Å². The van der Waals surface area contributed by atoms with Gasteiger partial charge in [0.05, 0.1) is 23.0 Å². The summed E-state index contributed by atoms with van der Waals surface area (Å²) < 4.78 is 55.3. The number of amides is 2. The molecular weight excluding hydrogens is 526 g/mol. The normalized spacial score (nSPS) is 16.8. The molecule has 0 fully saturated rings.